The normalized spacial score (nSPS) is 11.4. The van der Waals surface area contributed by atoms with Crippen LogP contribution in [0.2, 0.25) is 0 Å². The third kappa shape index (κ3) is 5.85. The van der Waals surface area contributed by atoms with Gasteiger partial charge in [0.25, 0.3) is 5.91 Å². The summed E-state index contributed by atoms with van der Waals surface area (Å²) in [6.45, 7) is 0. The van der Waals surface area contributed by atoms with E-state index in [9.17, 15) is 9.59 Å². The highest BCUT2D eigenvalue weighted by atomic mass is 16.5. The van der Waals surface area contributed by atoms with Crippen LogP contribution >= 0.6 is 0 Å². The fourth-order valence-electron chi connectivity index (χ4n) is 3.44. The molecule has 0 fully saturated rings. The number of benzene rings is 2. The first-order valence-corrected chi connectivity index (χ1v) is 10.3. The van der Waals surface area contributed by atoms with E-state index in [-0.39, 0.29) is 5.76 Å². The van der Waals surface area contributed by atoms with Crippen LogP contribution in [0, 0.1) is 0 Å². The molecule has 1 unspecified atom stereocenters. The molecular weight excluding hydrogens is 426 g/mol. The Bertz CT molecular complexity index is 1070. The molecule has 1 N–H and O–H groups in total. The third-order valence-corrected chi connectivity index (χ3v) is 5.13. The average molecular weight is 453 g/mol. The Morgan fingerprint density at radius 2 is 1.58 bits per heavy atom. The summed E-state index contributed by atoms with van der Waals surface area (Å²) in [4.78, 5) is 25.0. The van der Waals surface area contributed by atoms with Crippen molar-refractivity contribution in [3.05, 3.63) is 77.2 Å². The highest BCUT2D eigenvalue weighted by Crippen LogP contribution is 2.35. The number of methoxy groups -OCH3 is 4. The van der Waals surface area contributed by atoms with Gasteiger partial charge in [-0.3, -0.25) is 4.79 Å². The molecule has 0 aliphatic heterocycles. The molecule has 3 rings (SSSR count). The second-order valence-corrected chi connectivity index (χ2v) is 7.19. The predicted molar refractivity (Wildman–Crippen MR) is 121 cm³/mol. The molecule has 0 spiro atoms. The summed E-state index contributed by atoms with van der Waals surface area (Å²) in [6.07, 6.45) is 0.626. The lowest BCUT2D eigenvalue weighted by Crippen LogP contribution is -2.43. The molecule has 8 nitrogen and oxygen atoms in total. The summed E-state index contributed by atoms with van der Waals surface area (Å²) in [5.41, 5.74) is 1.64. The first-order valence-electron chi connectivity index (χ1n) is 10.3. The molecule has 0 aliphatic carbocycles. The number of carbonyl (C=O) groups is 2. The van der Waals surface area contributed by atoms with Crippen LogP contribution in [0.25, 0.3) is 0 Å². The number of rotatable bonds is 10. The van der Waals surface area contributed by atoms with Crippen molar-refractivity contribution in [3.8, 4) is 17.2 Å². The molecule has 1 amide bonds. The largest absolute Gasteiger partial charge is 0.496 e. The van der Waals surface area contributed by atoms with E-state index in [1.165, 1.54) is 7.11 Å². The van der Waals surface area contributed by atoms with E-state index in [1.54, 1.807) is 45.6 Å². The van der Waals surface area contributed by atoms with Crippen LogP contribution in [0.5, 0.6) is 17.2 Å². The highest BCUT2D eigenvalue weighted by Gasteiger charge is 2.24. The number of ether oxygens (including phenoxy) is 4. The molecule has 3 aromatic rings. The van der Waals surface area contributed by atoms with E-state index in [0.717, 1.165) is 11.1 Å². The molecule has 33 heavy (non-hydrogen) atoms. The number of furan rings is 1. The first-order chi connectivity index (χ1) is 16.0. The summed E-state index contributed by atoms with van der Waals surface area (Å²) in [7, 11) is 5.95. The number of nitrogens with one attached hydrogen (secondary N) is 1. The number of esters is 1. The average Bonchev–Trinajstić information content (AvgIpc) is 3.32. The number of carbonyl (C=O) groups excluding carboxylic acids is 2. The summed E-state index contributed by atoms with van der Waals surface area (Å²) in [6, 6.07) is 15.3. The summed E-state index contributed by atoms with van der Waals surface area (Å²) in [5, 5.41) is 2.70. The maximum atomic E-state index is 12.8. The zero-order chi connectivity index (χ0) is 23.8. The zero-order valence-corrected chi connectivity index (χ0v) is 19.0. The molecular formula is C25H27NO7. The van der Waals surface area contributed by atoms with Gasteiger partial charge in [-0.15, -0.1) is 0 Å². The Labute approximate surface area is 192 Å². The smallest absolute Gasteiger partial charge is 0.328 e. The molecule has 0 saturated carbocycles. The van der Waals surface area contributed by atoms with Gasteiger partial charge in [-0.2, -0.15) is 0 Å². The minimum absolute atomic E-state index is 0.0819. The molecule has 174 valence electrons. The molecule has 2 aromatic carbocycles. The van der Waals surface area contributed by atoms with Crippen LogP contribution in [-0.4, -0.2) is 46.4 Å². The monoisotopic (exact) mass is 453 g/mol. The van der Waals surface area contributed by atoms with Crippen molar-refractivity contribution in [2.75, 3.05) is 28.4 Å². The molecule has 1 aromatic heterocycles. The second-order valence-electron chi connectivity index (χ2n) is 7.19. The molecule has 0 radical (unpaired) electrons. The maximum Gasteiger partial charge on any atom is 0.328 e. The lowest BCUT2D eigenvalue weighted by atomic mass is 10.1. The van der Waals surface area contributed by atoms with E-state index in [2.05, 4.69) is 5.32 Å². The van der Waals surface area contributed by atoms with Crippen molar-refractivity contribution in [3.63, 3.8) is 0 Å². The van der Waals surface area contributed by atoms with Crippen LogP contribution in [0.3, 0.4) is 0 Å². The maximum absolute atomic E-state index is 12.8. The van der Waals surface area contributed by atoms with Crippen LogP contribution < -0.4 is 19.5 Å². The van der Waals surface area contributed by atoms with E-state index >= 15 is 0 Å². The van der Waals surface area contributed by atoms with Gasteiger partial charge in [-0.1, -0.05) is 30.3 Å². The Hall–Kier alpha value is -3.94. The SMILES string of the molecule is COC(=O)C(Cc1ccccc1)NC(=O)c1ccc(Cc2c(OC)cc(OC)cc2OC)o1. The van der Waals surface area contributed by atoms with Crippen molar-refractivity contribution < 1.29 is 33.0 Å². The number of amides is 1. The van der Waals surface area contributed by atoms with Crippen molar-refractivity contribution >= 4 is 11.9 Å². The van der Waals surface area contributed by atoms with Gasteiger partial charge in [0.1, 0.15) is 29.1 Å². The highest BCUT2D eigenvalue weighted by molar-refractivity contribution is 5.94. The molecule has 1 heterocycles. The summed E-state index contributed by atoms with van der Waals surface area (Å²) < 4.78 is 26.8. The van der Waals surface area contributed by atoms with E-state index in [4.69, 9.17) is 23.4 Å². The minimum Gasteiger partial charge on any atom is -0.496 e. The van der Waals surface area contributed by atoms with Gasteiger partial charge in [0, 0.05) is 30.5 Å². The quantitative estimate of drug-likeness (QED) is 0.470. The first kappa shape index (κ1) is 23.7. The van der Waals surface area contributed by atoms with Gasteiger partial charge in [0.15, 0.2) is 5.76 Å². The van der Waals surface area contributed by atoms with E-state index < -0.39 is 17.9 Å². The van der Waals surface area contributed by atoms with Crippen LogP contribution in [0.4, 0.5) is 0 Å². The van der Waals surface area contributed by atoms with Crippen LogP contribution in [0.15, 0.2) is 59.0 Å². The second kappa shape index (κ2) is 11.1. The Balaban J connectivity index is 1.76. The minimum atomic E-state index is -0.847. The van der Waals surface area contributed by atoms with Gasteiger partial charge in [0.05, 0.1) is 28.4 Å². The fraction of sp³-hybridized carbons (Fsp3) is 0.280. The third-order valence-electron chi connectivity index (χ3n) is 5.13. The van der Waals surface area contributed by atoms with Gasteiger partial charge >= 0.3 is 5.97 Å². The van der Waals surface area contributed by atoms with Gasteiger partial charge in [-0.05, 0) is 17.7 Å². The number of hydrogen-bond donors (Lipinski definition) is 1. The van der Waals surface area contributed by atoms with Crippen LogP contribution in [-0.2, 0) is 22.4 Å². The molecule has 0 bridgehead atoms. The van der Waals surface area contributed by atoms with Crippen molar-refractivity contribution in [1.29, 1.82) is 0 Å². The summed E-state index contributed by atoms with van der Waals surface area (Å²) >= 11 is 0. The fourth-order valence-corrected chi connectivity index (χ4v) is 3.44. The van der Waals surface area contributed by atoms with Gasteiger partial charge < -0.3 is 28.7 Å². The lowest BCUT2D eigenvalue weighted by Gasteiger charge is -2.16. The van der Waals surface area contributed by atoms with Crippen molar-refractivity contribution in [2.24, 2.45) is 0 Å². The lowest BCUT2D eigenvalue weighted by molar-refractivity contribution is -0.142. The zero-order valence-electron chi connectivity index (χ0n) is 19.0. The topological polar surface area (TPSA) is 96.2 Å². The van der Waals surface area contributed by atoms with E-state index in [1.807, 2.05) is 30.3 Å². The summed E-state index contributed by atoms with van der Waals surface area (Å²) in [5.74, 6) is 1.30. The van der Waals surface area contributed by atoms with Crippen LogP contribution in [0.1, 0.15) is 27.4 Å². The van der Waals surface area contributed by atoms with Gasteiger partial charge in [-0.25, -0.2) is 4.79 Å². The van der Waals surface area contributed by atoms with Crippen molar-refractivity contribution in [1.82, 2.24) is 5.32 Å². The molecule has 0 aliphatic rings. The number of hydrogen-bond acceptors (Lipinski definition) is 7. The Morgan fingerprint density at radius 1 is 0.909 bits per heavy atom. The molecule has 8 heteroatoms. The predicted octanol–water partition coefficient (Wildman–Crippen LogP) is 3.41. The van der Waals surface area contributed by atoms with Gasteiger partial charge in [0.2, 0.25) is 0 Å². The van der Waals surface area contributed by atoms with E-state index in [0.29, 0.717) is 35.9 Å². The Morgan fingerprint density at radius 3 is 2.15 bits per heavy atom. The molecule has 1 atom stereocenters. The molecule has 0 saturated heterocycles. The Kier molecular flexibility index (Phi) is 7.96. The van der Waals surface area contributed by atoms with Crippen molar-refractivity contribution in [2.45, 2.75) is 18.9 Å². The standard InChI is InChI=1S/C25H27NO7/c1-29-18-14-22(30-2)19(23(15-18)31-3)13-17-10-11-21(33-17)24(27)26-20(25(28)32-4)12-16-8-6-5-7-9-16/h5-11,14-15,20H,12-13H2,1-4H3,(H,26,27).